The molecule has 1 aromatic carbocycles. The van der Waals surface area contributed by atoms with Crippen LogP contribution in [0.4, 0.5) is 0 Å². The van der Waals surface area contributed by atoms with Crippen molar-refractivity contribution in [3.63, 3.8) is 0 Å². The molecule has 1 amide bonds. The van der Waals surface area contributed by atoms with E-state index in [0.717, 1.165) is 11.1 Å². The van der Waals surface area contributed by atoms with Crippen LogP contribution in [0.15, 0.2) is 18.2 Å². The quantitative estimate of drug-likeness (QED) is 0.817. The number of aliphatic hydroxyl groups is 1. The van der Waals surface area contributed by atoms with Crippen molar-refractivity contribution in [2.45, 2.75) is 33.3 Å². The number of carbonyl (C=O) groups is 1. The predicted octanol–water partition coefficient (Wildman–Crippen LogP) is 1.80. The summed E-state index contributed by atoms with van der Waals surface area (Å²) in [5.41, 5.74) is 1.72. The van der Waals surface area contributed by atoms with Gasteiger partial charge in [0, 0.05) is 12.1 Å². The molecule has 0 spiro atoms. The molecule has 2 N–H and O–H groups in total. The summed E-state index contributed by atoms with van der Waals surface area (Å²) in [4.78, 5) is 11.9. The molecule has 0 aliphatic carbocycles. The molecular weight excluding hydrogens is 202 g/mol. The molecule has 0 heterocycles. The zero-order chi connectivity index (χ0) is 12.3. The number of carbonyl (C=O) groups excluding carboxylic acids is 1. The van der Waals surface area contributed by atoms with Crippen LogP contribution in [0.1, 0.15) is 35.3 Å². The highest BCUT2D eigenvalue weighted by molar-refractivity contribution is 5.97. The SMILES string of the molecule is Cc1cccc(C)c1C(=O)NCC(C)(C)O. The van der Waals surface area contributed by atoms with E-state index in [1.54, 1.807) is 13.8 Å². The third-order valence-corrected chi connectivity index (χ3v) is 2.39. The maximum absolute atomic E-state index is 11.9. The van der Waals surface area contributed by atoms with Gasteiger partial charge in [-0.25, -0.2) is 0 Å². The maximum atomic E-state index is 11.9. The third kappa shape index (κ3) is 3.35. The number of benzene rings is 1. The Labute approximate surface area is 96.5 Å². The van der Waals surface area contributed by atoms with Crippen LogP contribution in [0.3, 0.4) is 0 Å². The summed E-state index contributed by atoms with van der Waals surface area (Å²) in [5.74, 6) is -0.127. The Kier molecular flexibility index (Phi) is 3.70. The molecule has 3 nitrogen and oxygen atoms in total. The number of rotatable bonds is 3. The van der Waals surface area contributed by atoms with Crippen LogP contribution >= 0.6 is 0 Å². The molecule has 0 bridgehead atoms. The third-order valence-electron chi connectivity index (χ3n) is 2.39. The second kappa shape index (κ2) is 4.66. The van der Waals surface area contributed by atoms with Gasteiger partial charge in [-0.2, -0.15) is 0 Å². The monoisotopic (exact) mass is 221 g/mol. The summed E-state index contributed by atoms with van der Waals surface area (Å²) >= 11 is 0. The molecule has 16 heavy (non-hydrogen) atoms. The lowest BCUT2D eigenvalue weighted by Crippen LogP contribution is -2.38. The predicted molar refractivity (Wildman–Crippen MR) is 64.5 cm³/mol. The lowest BCUT2D eigenvalue weighted by atomic mass is 10.0. The Morgan fingerprint density at radius 1 is 1.31 bits per heavy atom. The summed E-state index contributed by atoms with van der Waals surface area (Å²) in [6.45, 7) is 7.40. The second-order valence-electron chi connectivity index (χ2n) is 4.76. The Hall–Kier alpha value is -1.35. The normalized spacial score (nSPS) is 11.3. The Morgan fingerprint density at radius 2 is 1.81 bits per heavy atom. The van der Waals surface area contributed by atoms with Crippen molar-refractivity contribution in [3.05, 3.63) is 34.9 Å². The van der Waals surface area contributed by atoms with Crippen molar-refractivity contribution in [3.8, 4) is 0 Å². The molecule has 1 aromatic rings. The summed E-state index contributed by atoms with van der Waals surface area (Å²) in [6, 6.07) is 5.75. The number of hydrogen-bond acceptors (Lipinski definition) is 2. The van der Waals surface area contributed by atoms with Gasteiger partial charge >= 0.3 is 0 Å². The highest BCUT2D eigenvalue weighted by Gasteiger charge is 2.16. The molecule has 0 aliphatic heterocycles. The van der Waals surface area contributed by atoms with E-state index in [9.17, 15) is 9.90 Å². The van der Waals surface area contributed by atoms with E-state index >= 15 is 0 Å². The van der Waals surface area contributed by atoms with Crippen molar-refractivity contribution in [2.24, 2.45) is 0 Å². The van der Waals surface area contributed by atoms with Crippen molar-refractivity contribution < 1.29 is 9.90 Å². The molecular formula is C13H19NO2. The fourth-order valence-corrected chi connectivity index (χ4v) is 1.56. The highest BCUT2D eigenvalue weighted by atomic mass is 16.3. The first-order valence-corrected chi connectivity index (χ1v) is 5.38. The molecule has 0 saturated carbocycles. The van der Waals surface area contributed by atoms with E-state index in [0.29, 0.717) is 5.56 Å². The Bertz CT molecular complexity index is 371. The van der Waals surface area contributed by atoms with Crippen LogP contribution in [-0.2, 0) is 0 Å². The van der Waals surface area contributed by atoms with Gasteiger partial charge in [0.15, 0.2) is 0 Å². The van der Waals surface area contributed by atoms with Gasteiger partial charge in [-0.1, -0.05) is 18.2 Å². The minimum Gasteiger partial charge on any atom is -0.389 e. The fourth-order valence-electron chi connectivity index (χ4n) is 1.56. The number of amides is 1. The number of aryl methyl sites for hydroxylation is 2. The van der Waals surface area contributed by atoms with E-state index in [1.165, 1.54) is 0 Å². The lowest BCUT2D eigenvalue weighted by molar-refractivity contribution is 0.0693. The summed E-state index contributed by atoms with van der Waals surface area (Å²) in [6.07, 6.45) is 0. The van der Waals surface area contributed by atoms with E-state index in [1.807, 2.05) is 32.0 Å². The minimum atomic E-state index is -0.883. The van der Waals surface area contributed by atoms with Crippen LogP contribution in [0, 0.1) is 13.8 Å². The van der Waals surface area contributed by atoms with Crippen molar-refractivity contribution in [1.29, 1.82) is 0 Å². The van der Waals surface area contributed by atoms with E-state index in [4.69, 9.17) is 0 Å². The maximum Gasteiger partial charge on any atom is 0.251 e. The van der Waals surface area contributed by atoms with Gasteiger partial charge < -0.3 is 10.4 Å². The van der Waals surface area contributed by atoms with Gasteiger partial charge in [-0.15, -0.1) is 0 Å². The van der Waals surface area contributed by atoms with Crippen LogP contribution in [0.25, 0.3) is 0 Å². The number of nitrogens with one attached hydrogen (secondary N) is 1. The topological polar surface area (TPSA) is 49.3 Å². The van der Waals surface area contributed by atoms with Crippen molar-refractivity contribution in [1.82, 2.24) is 5.32 Å². The zero-order valence-electron chi connectivity index (χ0n) is 10.3. The fraction of sp³-hybridized carbons (Fsp3) is 0.462. The summed E-state index contributed by atoms with van der Waals surface area (Å²) < 4.78 is 0. The Morgan fingerprint density at radius 3 is 2.25 bits per heavy atom. The first-order chi connectivity index (χ1) is 7.31. The van der Waals surface area contributed by atoms with Crippen molar-refractivity contribution in [2.75, 3.05) is 6.54 Å². The van der Waals surface area contributed by atoms with Gasteiger partial charge in [0.2, 0.25) is 0 Å². The largest absolute Gasteiger partial charge is 0.389 e. The molecule has 88 valence electrons. The lowest BCUT2D eigenvalue weighted by Gasteiger charge is -2.18. The van der Waals surface area contributed by atoms with Gasteiger partial charge in [-0.05, 0) is 38.8 Å². The molecule has 1 rings (SSSR count). The second-order valence-corrected chi connectivity index (χ2v) is 4.76. The molecule has 0 fully saturated rings. The van der Waals surface area contributed by atoms with E-state index in [2.05, 4.69) is 5.32 Å². The van der Waals surface area contributed by atoms with Crippen LogP contribution in [-0.4, -0.2) is 23.2 Å². The minimum absolute atomic E-state index is 0.127. The van der Waals surface area contributed by atoms with Gasteiger partial charge in [0.05, 0.1) is 5.60 Å². The number of hydrogen-bond donors (Lipinski definition) is 2. The first kappa shape index (κ1) is 12.7. The average Bonchev–Trinajstić information content (AvgIpc) is 2.13. The Balaban J connectivity index is 2.81. The van der Waals surface area contributed by atoms with Crippen LogP contribution in [0.2, 0.25) is 0 Å². The molecule has 3 heteroatoms. The van der Waals surface area contributed by atoms with Gasteiger partial charge in [0.1, 0.15) is 0 Å². The molecule has 0 aromatic heterocycles. The van der Waals surface area contributed by atoms with Crippen LogP contribution < -0.4 is 5.32 Å². The molecule has 0 unspecified atom stereocenters. The van der Waals surface area contributed by atoms with E-state index < -0.39 is 5.60 Å². The molecule has 0 radical (unpaired) electrons. The molecule has 0 aliphatic rings. The van der Waals surface area contributed by atoms with Gasteiger partial charge in [0.25, 0.3) is 5.91 Å². The van der Waals surface area contributed by atoms with E-state index in [-0.39, 0.29) is 12.5 Å². The highest BCUT2D eigenvalue weighted by Crippen LogP contribution is 2.13. The standard InChI is InChI=1S/C13H19NO2/c1-9-6-5-7-10(2)11(9)12(15)14-8-13(3,4)16/h5-7,16H,8H2,1-4H3,(H,14,15). The van der Waals surface area contributed by atoms with Crippen molar-refractivity contribution >= 4 is 5.91 Å². The van der Waals surface area contributed by atoms with Gasteiger partial charge in [-0.3, -0.25) is 4.79 Å². The summed E-state index contributed by atoms with van der Waals surface area (Å²) in [5, 5.41) is 12.3. The zero-order valence-corrected chi connectivity index (χ0v) is 10.3. The average molecular weight is 221 g/mol. The molecule has 0 saturated heterocycles. The smallest absolute Gasteiger partial charge is 0.251 e. The summed E-state index contributed by atoms with van der Waals surface area (Å²) in [7, 11) is 0. The molecule has 0 atom stereocenters. The van der Waals surface area contributed by atoms with Crippen LogP contribution in [0.5, 0.6) is 0 Å². The first-order valence-electron chi connectivity index (χ1n) is 5.38.